The van der Waals surface area contributed by atoms with Gasteiger partial charge in [-0.3, -0.25) is 0 Å². The summed E-state index contributed by atoms with van der Waals surface area (Å²) in [7, 11) is 0. The monoisotopic (exact) mass is 430 g/mol. The van der Waals surface area contributed by atoms with Crippen LogP contribution in [-0.2, 0) is 4.74 Å². The molecule has 3 aliphatic heterocycles. The van der Waals surface area contributed by atoms with Gasteiger partial charge < -0.3 is 24.8 Å². The van der Waals surface area contributed by atoms with E-state index in [1.54, 1.807) is 5.56 Å². The Balaban J connectivity index is 1.02. The Morgan fingerprint density at radius 2 is 1.75 bits per heavy atom. The predicted molar refractivity (Wildman–Crippen MR) is 130 cm³/mol. The molecule has 3 aromatic rings. The summed E-state index contributed by atoms with van der Waals surface area (Å²) in [6.45, 7) is 7.49. The highest BCUT2D eigenvalue weighted by Crippen LogP contribution is 2.36. The first-order valence-corrected chi connectivity index (χ1v) is 12.3. The average Bonchev–Trinajstić information content (AvgIpc) is 3.29. The Kier molecular flexibility index (Phi) is 5.63. The average molecular weight is 431 g/mol. The predicted octanol–water partition coefficient (Wildman–Crippen LogP) is 4.29. The van der Waals surface area contributed by atoms with Gasteiger partial charge in [-0.05, 0) is 67.6 Å². The summed E-state index contributed by atoms with van der Waals surface area (Å²) in [5, 5.41) is 5.05. The second kappa shape index (κ2) is 8.89. The lowest BCUT2D eigenvalue weighted by atomic mass is 9.87. The summed E-state index contributed by atoms with van der Waals surface area (Å²) in [6.07, 6.45) is 6.14. The van der Waals surface area contributed by atoms with Crippen LogP contribution >= 0.6 is 0 Å². The van der Waals surface area contributed by atoms with Gasteiger partial charge in [0.25, 0.3) is 0 Å². The Bertz CT molecular complexity index is 1040. The Morgan fingerprint density at radius 3 is 2.53 bits per heavy atom. The summed E-state index contributed by atoms with van der Waals surface area (Å²) in [4.78, 5) is 8.48. The number of piperidine rings is 1. The molecule has 32 heavy (non-hydrogen) atoms. The van der Waals surface area contributed by atoms with Gasteiger partial charge in [0.05, 0.1) is 18.8 Å². The van der Waals surface area contributed by atoms with E-state index in [4.69, 9.17) is 4.74 Å². The molecule has 5 heteroatoms. The second-order valence-corrected chi connectivity index (χ2v) is 9.68. The maximum atomic E-state index is 6.34. The maximum absolute atomic E-state index is 6.34. The number of H-pyrrole nitrogens is 1. The molecule has 0 radical (unpaired) electrons. The molecule has 1 aromatic heterocycles. The van der Waals surface area contributed by atoms with Gasteiger partial charge in [0.15, 0.2) is 0 Å². The SMILES string of the molecule is c1ccc(N2CCC2)c(C2CCN(CC3CNC(c4cccc5[nH]ccc45)CO3)CC2)c1. The number of hydrogen-bond donors (Lipinski definition) is 2. The van der Waals surface area contributed by atoms with Crippen molar-refractivity contribution in [1.29, 1.82) is 0 Å². The fraction of sp³-hybridized carbons (Fsp3) is 0.481. The van der Waals surface area contributed by atoms with Crippen molar-refractivity contribution < 1.29 is 4.74 Å². The molecule has 3 fully saturated rings. The third kappa shape index (κ3) is 3.94. The highest BCUT2D eigenvalue weighted by Gasteiger charge is 2.29. The van der Waals surface area contributed by atoms with Gasteiger partial charge in [-0.2, -0.15) is 0 Å². The lowest BCUT2D eigenvalue weighted by Crippen LogP contribution is -2.48. The van der Waals surface area contributed by atoms with Crippen LogP contribution in [0.2, 0.25) is 0 Å². The molecule has 0 aliphatic carbocycles. The molecule has 0 amide bonds. The van der Waals surface area contributed by atoms with Gasteiger partial charge in [-0.25, -0.2) is 0 Å². The fourth-order valence-electron chi connectivity index (χ4n) is 5.75. The zero-order chi connectivity index (χ0) is 21.3. The van der Waals surface area contributed by atoms with Crippen LogP contribution in [0.4, 0.5) is 5.69 Å². The Labute approximate surface area is 190 Å². The number of nitrogens with one attached hydrogen (secondary N) is 2. The largest absolute Gasteiger partial charge is 0.374 e. The van der Waals surface area contributed by atoms with Crippen LogP contribution in [0.1, 0.15) is 42.3 Å². The highest BCUT2D eigenvalue weighted by molar-refractivity contribution is 5.83. The van der Waals surface area contributed by atoms with Gasteiger partial charge in [0, 0.05) is 49.0 Å². The van der Waals surface area contributed by atoms with E-state index < -0.39 is 0 Å². The number of para-hydroxylation sites is 1. The van der Waals surface area contributed by atoms with Crippen molar-refractivity contribution in [3.05, 3.63) is 65.9 Å². The molecule has 0 spiro atoms. The zero-order valence-electron chi connectivity index (χ0n) is 18.8. The van der Waals surface area contributed by atoms with Crippen LogP contribution < -0.4 is 10.2 Å². The van der Waals surface area contributed by atoms with E-state index in [-0.39, 0.29) is 12.1 Å². The minimum atomic E-state index is 0.273. The van der Waals surface area contributed by atoms with Crippen LogP contribution in [0.25, 0.3) is 10.9 Å². The minimum Gasteiger partial charge on any atom is -0.374 e. The number of nitrogens with zero attached hydrogens (tertiary/aromatic N) is 2. The van der Waals surface area contributed by atoms with Crippen LogP contribution in [0.3, 0.4) is 0 Å². The van der Waals surface area contributed by atoms with E-state index in [9.17, 15) is 0 Å². The van der Waals surface area contributed by atoms with Gasteiger partial charge in [-0.15, -0.1) is 0 Å². The number of anilines is 1. The van der Waals surface area contributed by atoms with Gasteiger partial charge in [-0.1, -0.05) is 30.3 Å². The number of likely N-dealkylation sites (tertiary alicyclic amines) is 1. The topological polar surface area (TPSA) is 43.5 Å². The molecule has 2 aromatic carbocycles. The molecule has 3 saturated heterocycles. The second-order valence-electron chi connectivity index (χ2n) is 9.68. The number of hydrogen-bond acceptors (Lipinski definition) is 4. The van der Waals surface area contributed by atoms with Crippen molar-refractivity contribution in [2.24, 2.45) is 0 Å². The molecule has 2 N–H and O–H groups in total. The van der Waals surface area contributed by atoms with Crippen molar-refractivity contribution >= 4 is 16.6 Å². The molecule has 168 valence electrons. The van der Waals surface area contributed by atoms with Crippen molar-refractivity contribution in [3.63, 3.8) is 0 Å². The molecule has 4 heterocycles. The van der Waals surface area contributed by atoms with Crippen molar-refractivity contribution in [3.8, 4) is 0 Å². The highest BCUT2D eigenvalue weighted by atomic mass is 16.5. The molecular weight excluding hydrogens is 396 g/mol. The number of morpholine rings is 1. The third-order valence-electron chi connectivity index (χ3n) is 7.72. The summed E-state index contributed by atoms with van der Waals surface area (Å²) in [5.41, 5.74) is 5.60. The van der Waals surface area contributed by atoms with Crippen LogP contribution in [0.5, 0.6) is 0 Å². The van der Waals surface area contributed by atoms with E-state index >= 15 is 0 Å². The summed E-state index contributed by atoms with van der Waals surface area (Å²) in [5.74, 6) is 0.694. The lowest BCUT2D eigenvalue weighted by molar-refractivity contribution is -0.0184. The maximum Gasteiger partial charge on any atom is 0.0827 e. The number of aromatic nitrogens is 1. The van der Waals surface area contributed by atoms with E-state index in [0.29, 0.717) is 5.92 Å². The van der Waals surface area contributed by atoms with E-state index in [2.05, 4.69) is 68.6 Å². The minimum absolute atomic E-state index is 0.273. The number of ether oxygens (including phenoxy) is 1. The molecule has 0 bridgehead atoms. The molecule has 6 rings (SSSR count). The third-order valence-corrected chi connectivity index (χ3v) is 7.72. The first-order chi connectivity index (χ1) is 15.8. The number of aromatic amines is 1. The van der Waals surface area contributed by atoms with Crippen molar-refractivity contribution in [1.82, 2.24) is 15.2 Å². The summed E-state index contributed by atoms with van der Waals surface area (Å²) < 4.78 is 6.34. The fourth-order valence-corrected chi connectivity index (χ4v) is 5.75. The number of rotatable bonds is 5. The van der Waals surface area contributed by atoms with Crippen molar-refractivity contribution in [2.45, 2.75) is 37.3 Å². The number of fused-ring (bicyclic) bond motifs is 1. The molecule has 2 unspecified atom stereocenters. The van der Waals surface area contributed by atoms with E-state index in [1.807, 2.05) is 6.20 Å². The van der Waals surface area contributed by atoms with E-state index in [1.165, 1.54) is 67.6 Å². The molecule has 2 atom stereocenters. The zero-order valence-corrected chi connectivity index (χ0v) is 18.8. The molecular formula is C27H34N4O. The van der Waals surface area contributed by atoms with Gasteiger partial charge in [0.2, 0.25) is 0 Å². The Morgan fingerprint density at radius 1 is 0.906 bits per heavy atom. The summed E-state index contributed by atoms with van der Waals surface area (Å²) >= 11 is 0. The molecule has 3 aliphatic rings. The standard InChI is InChI=1S/C27H34N4O/c1-2-8-27(31-13-4-14-31)22(5-1)20-10-15-30(16-11-20)18-21-17-29-26(19-32-21)23-6-3-7-25-24(23)9-12-28-25/h1-3,5-9,12,20-21,26,28-29H,4,10-11,13-19H2. The van der Waals surface area contributed by atoms with Gasteiger partial charge >= 0.3 is 0 Å². The van der Waals surface area contributed by atoms with Gasteiger partial charge in [0.1, 0.15) is 0 Å². The molecule has 0 saturated carbocycles. The van der Waals surface area contributed by atoms with Crippen LogP contribution in [0, 0.1) is 0 Å². The number of benzene rings is 2. The quantitative estimate of drug-likeness (QED) is 0.634. The Hall–Kier alpha value is -2.34. The molecule has 5 nitrogen and oxygen atoms in total. The first kappa shape index (κ1) is 20.3. The van der Waals surface area contributed by atoms with Crippen LogP contribution in [-0.4, -0.2) is 61.9 Å². The normalized spacial score (nSPS) is 25.2. The van der Waals surface area contributed by atoms with Crippen molar-refractivity contribution in [2.75, 3.05) is 50.8 Å². The first-order valence-electron chi connectivity index (χ1n) is 12.3. The van der Waals surface area contributed by atoms with E-state index in [0.717, 1.165) is 19.7 Å². The smallest absolute Gasteiger partial charge is 0.0827 e. The van der Waals surface area contributed by atoms with Crippen LogP contribution in [0.15, 0.2) is 54.7 Å². The lowest BCUT2D eigenvalue weighted by Gasteiger charge is -2.39. The summed E-state index contributed by atoms with van der Waals surface area (Å²) in [6, 6.07) is 18.0.